The number of amides is 1. The third kappa shape index (κ3) is 2.53. The fourth-order valence-electron chi connectivity index (χ4n) is 1.96. The molecule has 0 bridgehead atoms. The zero-order valence-corrected chi connectivity index (χ0v) is 9.63. The van der Waals surface area contributed by atoms with E-state index in [0.29, 0.717) is 18.0 Å². The highest BCUT2D eigenvalue weighted by Gasteiger charge is 2.29. The van der Waals surface area contributed by atoms with Crippen molar-refractivity contribution in [1.82, 2.24) is 5.32 Å². The van der Waals surface area contributed by atoms with Gasteiger partial charge < -0.3 is 10.2 Å². The predicted molar refractivity (Wildman–Crippen MR) is 53.6 cm³/mol. The van der Waals surface area contributed by atoms with Gasteiger partial charge in [-0.05, 0) is 0 Å². The first kappa shape index (κ1) is 13.7. The number of carbonyl (C=O) groups is 1. The van der Waals surface area contributed by atoms with Crippen molar-refractivity contribution in [3.8, 4) is 0 Å². The van der Waals surface area contributed by atoms with Gasteiger partial charge in [0.05, 0.1) is 18.7 Å². The molecule has 1 heterocycles. The Morgan fingerprint density at radius 3 is 2.00 bits per heavy atom. The van der Waals surface area contributed by atoms with Gasteiger partial charge in [-0.3, -0.25) is 4.79 Å². The van der Waals surface area contributed by atoms with E-state index in [4.69, 9.17) is 0 Å². The summed E-state index contributed by atoms with van der Waals surface area (Å²) in [5.74, 6) is -10.1. The van der Waals surface area contributed by atoms with E-state index < -0.39 is 41.2 Å². The monoisotopic (exact) mass is 281 g/mol. The third-order valence-electron chi connectivity index (χ3n) is 2.94. The first-order valence-corrected chi connectivity index (χ1v) is 5.52. The van der Waals surface area contributed by atoms with Crippen LogP contribution in [0.25, 0.3) is 0 Å². The summed E-state index contributed by atoms with van der Waals surface area (Å²) >= 11 is 0. The average Bonchev–Trinajstić information content (AvgIpc) is 2.39. The van der Waals surface area contributed by atoms with Gasteiger partial charge in [-0.15, -0.1) is 0 Å². The molecule has 8 heteroatoms. The molecular weight excluding hydrogens is 271 g/mol. The van der Waals surface area contributed by atoms with E-state index in [1.54, 1.807) is 0 Å². The number of hydrogen-bond acceptors (Lipinski definition) is 1. The molecule has 0 radical (unpaired) electrons. The zero-order chi connectivity index (χ0) is 14.2. The Kier molecular flexibility index (Phi) is 3.70. The van der Waals surface area contributed by atoms with Crippen LogP contribution < -0.4 is 10.2 Å². The molecule has 1 aromatic rings. The van der Waals surface area contributed by atoms with E-state index in [-0.39, 0.29) is 12.5 Å². The molecule has 0 saturated carbocycles. The third-order valence-corrected chi connectivity index (χ3v) is 2.94. The molecule has 1 atom stereocenters. The Bertz CT molecular complexity index is 505. The lowest BCUT2D eigenvalue weighted by molar-refractivity contribution is -0.907. The van der Waals surface area contributed by atoms with Crippen molar-refractivity contribution in [2.75, 3.05) is 19.6 Å². The molecule has 1 unspecified atom stereocenters. The molecule has 0 aromatic heterocycles. The lowest BCUT2D eigenvalue weighted by Crippen LogP contribution is -3.14. The summed E-state index contributed by atoms with van der Waals surface area (Å²) < 4.78 is 65.6. The van der Waals surface area contributed by atoms with Crippen LogP contribution in [0.4, 0.5) is 22.0 Å². The van der Waals surface area contributed by atoms with E-state index in [0.717, 1.165) is 0 Å². The molecule has 104 valence electrons. The van der Waals surface area contributed by atoms with E-state index >= 15 is 0 Å². The highest BCUT2D eigenvalue weighted by atomic mass is 19.2. The summed E-state index contributed by atoms with van der Waals surface area (Å²) in [6.07, 6.45) is 0. The number of halogens is 5. The van der Waals surface area contributed by atoms with Gasteiger partial charge >= 0.3 is 0 Å². The summed E-state index contributed by atoms with van der Waals surface area (Å²) in [6, 6.07) is 0. The number of nitrogens with one attached hydrogen (secondary N) is 2. The quantitative estimate of drug-likeness (QED) is 0.443. The Hall–Kier alpha value is -1.70. The molecule has 1 aliphatic heterocycles. The largest absolute Gasteiger partial charge is 0.346 e. The molecular formula is C11H10F5N2O+. The summed E-state index contributed by atoms with van der Waals surface area (Å²) in [7, 11) is 0. The smallest absolute Gasteiger partial charge is 0.275 e. The van der Waals surface area contributed by atoms with E-state index in [1.165, 1.54) is 0 Å². The molecule has 1 fully saturated rings. The van der Waals surface area contributed by atoms with Gasteiger partial charge in [0.1, 0.15) is 6.54 Å². The van der Waals surface area contributed by atoms with Crippen molar-refractivity contribution in [1.29, 1.82) is 0 Å². The van der Waals surface area contributed by atoms with Crippen LogP contribution in [0.15, 0.2) is 0 Å². The Labute approximate surface area is 105 Å². The minimum atomic E-state index is -2.18. The molecule has 0 spiro atoms. The van der Waals surface area contributed by atoms with Crippen molar-refractivity contribution in [3.05, 3.63) is 34.6 Å². The summed E-state index contributed by atoms with van der Waals surface area (Å²) in [4.78, 5) is 11.5. The van der Waals surface area contributed by atoms with Crippen LogP contribution in [0.1, 0.15) is 5.56 Å². The second-order valence-corrected chi connectivity index (χ2v) is 4.25. The highest BCUT2D eigenvalue weighted by Crippen LogP contribution is 2.22. The van der Waals surface area contributed by atoms with Crippen LogP contribution in [0.3, 0.4) is 0 Å². The van der Waals surface area contributed by atoms with E-state index in [2.05, 4.69) is 5.32 Å². The number of quaternary nitrogens is 1. The fourth-order valence-corrected chi connectivity index (χ4v) is 1.96. The minimum absolute atomic E-state index is 0.0699. The maximum atomic E-state index is 13.4. The Morgan fingerprint density at radius 2 is 1.47 bits per heavy atom. The van der Waals surface area contributed by atoms with Crippen LogP contribution in [0.5, 0.6) is 0 Å². The van der Waals surface area contributed by atoms with Gasteiger partial charge in [0.25, 0.3) is 5.91 Å². The van der Waals surface area contributed by atoms with Crippen LogP contribution in [-0.4, -0.2) is 25.5 Å². The molecule has 2 N–H and O–H groups in total. The molecule has 1 aromatic carbocycles. The summed E-state index contributed by atoms with van der Waals surface area (Å²) in [5.41, 5.74) is -0.888. The lowest BCUT2D eigenvalue weighted by Gasteiger charge is -2.24. The van der Waals surface area contributed by atoms with Gasteiger partial charge in [-0.2, -0.15) is 0 Å². The molecule has 0 aliphatic carbocycles. The maximum absolute atomic E-state index is 13.4. The number of piperazine rings is 1. The molecule has 2 rings (SSSR count). The van der Waals surface area contributed by atoms with Crippen molar-refractivity contribution in [3.63, 3.8) is 0 Å². The molecule has 3 nitrogen and oxygen atoms in total. The maximum Gasteiger partial charge on any atom is 0.275 e. The normalized spacial score (nSPS) is 19.4. The topological polar surface area (TPSA) is 33.5 Å². The second-order valence-electron chi connectivity index (χ2n) is 4.25. The SMILES string of the molecule is O=C1C[NH+](Cc2c(F)c(F)c(F)c(F)c2F)CCN1. The fraction of sp³-hybridized carbons (Fsp3) is 0.364. The number of rotatable bonds is 2. The van der Waals surface area contributed by atoms with Crippen LogP contribution >= 0.6 is 0 Å². The molecule has 1 aliphatic rings. The first-order chi connectivity index (χ1) is 8.91. The van der Waals surface area contributed by atoms with Crippen molar-refractivity contribution >= 4 is 5.91 Å². The zero-order valence-electron chi connectivity index (χ0n) is 9.63. The van der Waals surface area contributed by atoms with Gasteiger partial charge in [0.15, 0.2) is 29.8 Å². The van der Waals surface area contributed by atoms with Crippen molar-refractivity contribution in [2.45, 2.75) is 6.54 Å². The molecule has 1 amide bonds. The minimum Gasteiger partial charge on any atom is -0.346 e. The highest BCUT2D eigenvalue weighted by molar-refractivity contribution is 5.77. The van der Waals surface area contributed by atoms with Crippen LogP contribution in [-0.2, 0) is 11.3 Å². The average molecular weight is 281 g/mol. The summed E-state index contributed by atoms with van der Waals surface area (Å²) in [5, 5.41) is 2.50. The first-order valence-electron chi connectivity index (χ1n) is 5.52. The molecule has 19 heavy (non-hydrogen) atoms. The standard InChI is InChI=1S/C11H9F5N2O/c12-7-5(3-18-2-1-17-6(19)4-18)8(13)10(15)11(16)9(7)14/h1-4H2,(H,17,19)/p+1. The number of benzene rings is 1. The van der Waals surface area contributed by atoms with Gasteiger partial charge in [0, 0.05) is 0 Å². The van der Waals surface area contributed by atoms with Crippen molar-refractivity contribution < 1.29 is 31.6 Å². The second kappa shape index (κ2) is 5.12. The van der Waals surface area contributed by atoms with Gasteiger partial charge in [-0.1, -0.05) is 0 Å². The number of hydrogen-bond donors (Lipinski definition) is 2. The Morgan fingerprint density at radius 1 is 0.947 bits per heavy atom. The van der Waals surface area contributed by atoms with Crippen LogP contribution in [0.2, 0.25) is 0 Å². The van der Waals surface area contributed by atoms with Gasteiger partial charge in [0.2, 0.25) is 5.82 Å². The van der Waals surface area contributed by atoms with Crippen LogP contribution in [0, 0.1) is 29.1 Å². The predicted octanol–water partition coefficient (Wildman–Crippen LogP) is -0.103. The van der Waals surface area contributed by atoms with E-state index in [1.807, 2.05) is 0 Å². The molecule has 1 saturated heterocycles. The number of carbonyl (C=O) groups excluding carboxylic acids is 1. The van der Waals surface area contributed by atoms with Gasteiger partial charge in [-0.25, -0.2) is 22.0 Å². The van der Waals surface area contributed by atoms with E-state index in [9.17, 15) is 26.7 Å². The van der Waals surface area contributed by atoms with Crippen molar-refractivity contribution in [2.24, 2.45) is 0 Å². The Balaban J connectivity index is 2.32. The summed E-state index contributed by atoms with van der Waals surface area (Å²) in [6.45, 7) is 0.146. The lowest BCUT2D eigenvalue weighted by atomic mass is 10.1.